The van der Waals surface area contributed by atoms with Gasteiger partial charge in [-0.3, -0.25) is 14.4 Å². The lowest BCUT2D eigenvalue weighted by Gasteiger charge is -2.15. The highest BCUT2D eigenvalue weighted by molar-refractivity contribution is 6.46. The molecule has 7 heteroatoms. The van der Waals surface area contributed by atoms with Crippen molar-refractivity contribution in [1.29, 1.82) is 0 Å². The van der Waals surface area contributed by atoms with Gasteiger partial charge in [-0.1, -0.05) is 47.5 Å². The van der Waals surface area contributed by atoms with Crippen LogP contribution in [0.3, 0.4) is 0 Å². The van der Waals surface area contributed by atoms with Crippen molar-refractivity contribution < 1.29 is 14.4 Å². The predicted molar refractivity (Wildman–Crippen MR) is 126 cm³/mol. The van der Waals surface area contributed by atoms with Crippen LogP contribution in [0, 0.1) is 6.92 Å². The van der Waals surface area contributed by atoms with Gasteiger partial charge in [0.15, 0.2) is 0 Å². The number of halogens is 1. The summed E-state index contributed by atoms with van der Waals surface area (Å²) >= 11 is 6.10. The minimum Gasteiger partial charge on any atom is -0.350 e. The van der Waals surface area contributed by atoms with Gasteiger partial charge in [-0.15, -0.1) is 0 Å². The number of benzene rings is 3. The van der Waals surface area contributed by atoms with Gasteiger partial charge in [-0.2, -0.15) is 0 Å². The van der Waals surface area contributed by atoms with E-state index in [0.29, 0.717) is 27.6 Å². The number of nitrogens with zero attached hydrogens (tertiary/aromatic N) is 1. The number of imide groups is 1. The van der Waals surface area contributed by atoms with Gasteiger partial charge in [0.25, 0.3) is 11.8 Å². The molecule has 0 atom stereocenters. The van der Waals surface area contributed by atoms with Gasteiger partial charge >= 0.3 is 0 Å². The first kappa shape index (κ1) is 21.3. The van der Waals surface area contributed by atoms with Gasteiger partial charge in [0.2, 0.25) is 5.91 Å². The minimum absolute atomic E-state index is 0.172. The molecule has 1 aliphatic heterocycles. The average molecular weight is 446 g/mol. The number of aryl methyl sites for hydroxylation is 1. The summed E-state index contributed by atoms with van der Waals surface area (Å²) in [5.74, 6) is -1.08. The fraction of sp³-hybridized carbons (Fsp3) is 0.0800. The summed E-state index contributed by atoms with van der Waals surface area (Å²) in [4.78, 5) is 39.1. The molecule has 0 unspecified atom stereocenters. The average Bonchev–Trinajstić information content (AvgIpc) is 2.99. The fourth-order valence-electron chi connectivity index (χ4n) is 3.47. The molecule has 2 N–H and O–H groups in total. The van der Waals surface area contributed by atoms with E-state index in [-0.39, 0.29) is 17.2 Å². The molecule has 0 spiro atoms. The molecular weight excluding hydrogens is 426 g/mol. The standard InChI is InChI=1S/C25H20ClN3O3/c1-15-6-8-17(9-7-15)22-23(28-20-12-10-19(11-13-20)27-16(2)30)25(32)29(24(22)31)21-5-3-4-18(26)14-21/h3-14,28H,1-2H3,(H,27,30). The quantitative estimate of drug-likeness (QED) is 0.541. The van der Waals surface area contributed by atoms with Crippen LogP contribution in [-0.2, 0) is 14.4 Å². The molecule has 3 aromatic rings. The van der Waals surface area contributed by atoms with Crippen molar-refractivity contribution in [2.45, 2.75) is 13.8 Å². The highest BCUT2D eigenvalue weighted by atomic mass is 35.5. The number of hydrogen-bond acceptors (Lipinski definition) is 4. The van der Waals surface area contributed by atoms with Gasteiger partial charge in [-0.05, 0) is 55.0 Å². The van der Waals surface area contributed by atoms with E-state index < -0.39 is 11.8 Å². The molecule has 1 heterocycles. The Hall–Kier alpha value is -3.90. The molecule has 0 aromatic heterocycles. The summed E-state index contributed by atoms with van der Waals surface area (Å²) in [6.07, 6.45) is 0. The van der Waals surface area contributed by atoms with Crippen LogP contribution in [0.5, 0.6) is 0 Å². The second kappa shape index (κ2) is 8.69. The molecule has 1 aliphatic rings. The molecule has 3 aromatic carbocycles. The smallest absolute Gasteiger partial charge is 0.282 e. The van der Waals surface area contributed by atoms with Gasteiger partial charge in [0.1, 0.15) is 5.70 Å². The molecule has 0 aliphatic carbocycles. The van der Waals surface area contributed by atoms with Crippen molar-refractivity contribution in [3.63, 3.8) is 0 Å². The van der Waals surface area contributed by atoms with Gasteiger partial charge < -0.3 is 10.6 Å². The number of hydrogen-bond donors (Lipinski definition) is 2. The maximum atomic E-state index is 13.4. The van der Waals surface area contributed by atoms with Crippen LogP contribution in [0.4, 0.5) is 17.1 Å². The zero-order valence-corrected chi connectivity index (χ0v) is 18.2. The summed E-state index contributed by atoms with van der Waals surface area (Å²) in [5.41, 5.74) is 3.76. The van der Waals surface area contributed by atoms with Crippen LogP contribution in [0.25, 0.3) is 5.57 Å². The Labute approximate surface area is 190 Å². The SMILES string of the molecule is CC(=O)Nc1ccc(NC2=C(c3ccc(C)cc3)C(=O)N(c3cccc(Cl)c3)C2=O)cc1. The molecular formula is C25H20ClN3O3. The van der Waals surface area contributed by atoms with E-state index in [1.807, 2.05) is 31.2 Å². The van der Waals surface area contributed by atoms with E-state index in [0.717, 1.165) is 10.5 Å². The molecule has 3 amide bonds. The van der Waals surface area contributed by atoms with Crippen LogP contribution in [0.1, 0.15) is 18.1 Å². The van der Waals surface area contributed by atoms with Crippen molar-refractivity contribution in [3.05, 3.63) is 94.6 Å². The third-order valence-corrected chi connectivity index (χ3v) is 5.20. The summed E-state index contributed by atoms with van der Waals surface area (Å²) in [7, 11) is 0. The van der Waals surface area contributed by atoms with Crippen LogP contribution in [0.2, 0.25) is 5.02 Å². The number of nitrogens with one attached hydrogen (secondary N) is 2. The van der Waals surface area contributed by atoms with Crippen LogP contribution < -0.4 is 15.5 Å². The van der Waals surface area contributed by atoms with E-state index in [1.54, 1.807) is 48.5 Å². The lowest BCUT2D eigenvalue weighted by Crippen LogP contribution is -2.32. The van der Waals surface area contributed by atoms with E-state index in [1.165, 1.54) is 6.92 Å². The molecule has 4 rings (SSSR count). The Bertz CT molecular complexity index is 1250. The zero-order chi connectivity index (χ0) is 22.8. The topological polar surface area (TPSA) is 78.5 Å². The van der Waals surface area contributed by atoms with Gasteiger partial charge in [0.05, 0.1) is 11.3 Å². The third-order valence-electron chi connectivity index (χ3n) is 4.97. The molecule has 6 nitrogen and oxygen atoms in total. The molecule has 32 heavy (non-hydrogen) atoms. The first-order chi connectivity index (χ1) is 15.3. The third kappa shape index (κ3) is 4.26. The lowest BCUT2D eigenvalue weighted by molar-refractivity contribution is -0.120. The van der Waals surface area contributed by atoms with E-state index in [9.17, 15) is 14.4 Å². The number of rotatable bonds is 5. The highest BCUT2D eigenvalue weighted by Crippen LogP contribution is 2.34. The Kier molecular flexibility index (Phi) is 5.79. The molecule has 0 saturated carbocycles. The van der Waals surface area contributed by atoms with Crippen LogP contribution >= 0.6 is 11.6 Å². The van der Waals surface area contributed by atoms with Crippen molar-refractivity contribution in [2.75, 3.05) is 15.5 Å². The first-order valence-corrected chi connectivity index (χ1v) is 10.3. The Balaban J connectivity index is 1.75. The minimum atomic E-state index is -0.473. The Morgan fingerprint density at radius 1 is 0.875 bits per heavy atom. The summed E-state index contributed by atoms with van der Waals surface area (Å²) in [6.45, 7) is 3.38. The molecule has 0 radical (unpaired) electrons. The predicted octanol–water partition coefficient (Wildman–Crippen LogP) is 5.00. The number of carbonyl (C=O) groups excluding carboxylic acids is 3. The van der Waals surface area contributed by atoms with Crippen molar-refractivity contribution in [2.24, 2.45) is 0 Å². The van der Waals surface area contributed by atoms with Crippen LogP contribution in [0.15, 0.2) is 78.5 Å². The summed E-state index contributed by atoms with van der Waals surface area (Å²) in [6, 6.07) is 20.9. The second-order valence-electron chi connectivity index (χ2n) is 7.43. The maximum Gasteiger partial charge on any atom is 0.282 e. The number of carbonyl (C=O) groups is 3. The normalized spacial score (nSPS) is 13.5. The summed E-state index contributed by atoms with van der Waals surface area (Å²) < 4.78 is 0. The fourth-order valence-corrected chi connectivity index (χ4v) is 3.65. The zero-order valence-electron chi connectivity index (χ0n) is 17.5. The van der Waals surface area contributed by atoms with Gasteiger partial charge in [0, 0.05) is 23.3 Å². The Morgan fingerprint density at radius 2 is 1.53 bits per heavy atom. The molecule has 160 valence electrons. The molecule has 0 saturated heterocycles. The number of amides is 3. The largest absolute Gasteiger partial charge is 0.350 e. The van der Waals surface area contributed by atoms with E-state index in [4.69, 9.17) is 11.6 Å². The molecule has 0 bridgehead atoms. The number of anilines is 3. The van der Waals surface area contributed by atoms with E-state index in [2.05, 4.69) is 10.6 Å². The van der Waals surface area contributed by atoms with Gasteiger partial charge in [-0.25, -0.2) is 4.90 Å². The Morgan fingerprint density at radius 3 is 2.16 bits per heavy atom. The van der Waals surface area contributed by atoms with Crippen molar-refractivity contribution in [1.82, 2.24) is 0 Å². The highest BCUT2D eigenvalue weighted by Gasteiger charge is 2.40. The monoisotopic (exact) mass is 445 g/mol. The van der Waals surface area contributed by atoms with Crippen molar-refractivity contribution in [3.8, 4) is 0 Å². The lowest BCUT2D eigenvalue weighted by atomic mass is 10.0. The van der Waals surface area contributed by atoms with E-state index >= 15 is 0 Å². The maximum absolute atomic E-state index is 13.4. The first-order valence-electron chi connectivity index (χ1n) is 9.94. The molecule has 0 fully saturated rings. The summed E-state index contributed by atoms with van der Waals surface area (Å²) in [5, 5.41) is 6.22. The van der Waals surface area contributed by atoms with Crippen LogP contribution in [-0.4, -0.2) is 17.7 Å². The van der Waals surface area contributed by atoms with Crippen molar-refractivity contribution >= 4 is 52.0 Å². The second-order valence-corrected chi connectivity index (χ2v) is 7.86.